The SMILES string of the molecule is CCCCCCCCCCCCCCCCCCC(c1ccccc1)[N+](C)(C)CCC.[Cl-]. The van der Waals surface area contributed by atoms with Crippen molar-refractivity contribution < 1.29 is 16.9 Å². The van der Waals surface area contributed by atoms with Gasteiger partial charge in [-0.3, -0.25) is 0 Å². The molecule has 0 aliphatic carbocycles. The zero-order valence-electron chi connectivity index (χ0n) is 22.2. The first-order valence-corrected chi connectivity index (χ1v) is 14.0. The summed E-state index contributed by atoms with van der Waals surface area (Å²) in [4.78, 5) is 0. The highest BCUT2D eigenvalue weighted by Crippen LogP contribution is 2.31. The summed E-state index contributed by atoms with van der Waals surface area (Å²) >= 11 is 0. The standard InChI is InChI=1S/C30H56N.ClH/c1-5-7-8-9-10-11-12-13-14-15-16-17-18-19-20-24-27-30(31(3,4)28-6-2)29-25-22-21-23-26-29;/h21-23,25-26,30H,5-20,24,27-28H2,1-4H3;1H/q+1;/p-1. The van der Waals surface area contributed by atoms with Gasteiger partial charge in [-0.1, -0.05) is 140 Å². The minimum Gasteiger partial charge on any atom is -1.00 e. The molecule has 1 nitrogen and oxygen atoms in total. The number of quaternary nitrogens is 1. The summed E-state index contributed by atoms with van der Waals surface area (Å²) in [7, 11) is 4.85. The van der Waals surface area contributed by atoms with Gasteiger partial charge in [0.05, 0.1) is 20.6 Å². The number of hydrogen-bond donors (Lipinski definition) is 0. The molecule has 0 N–H and O–H groups in total. The molecule has 0 aromatic heterocycles. The molecule has 1 aromatic carbocycles. The second-order valence-electron chi connectivity index (χ2n) is 10.5. The summed E-state index contributed by atoms with van der Waals surface area (Å²) in [5, 5.41) is 0. The van der Waals surface area contributed by atoms with Gasteiger partial charge >= 0.3 is 0 Å². The van der Waals surface area contributed by atoms with Crippen molar-refractivity contribution in [2.45, 2.75) is 135 Å². The summed E-state index contributed by atoms with van der Waals surface area (Å²) in [6, 6.07) is 11.9. The first kappa shape index (κ1) is 31.5. The zero-order chi connectivity index (χ0) is 22.6. The van der Waals surface area contributed by atoms with E-state index in [-0.39, 0.29) is 12.4 Å². The Morgan fingerprint density at radius 3 is 1.38 bits per heavy atom. The molecular formula is C30H56ClN. The maximum atomic E-state index is 2.42. The lowest BCUT2D eigenvalue weighted by molar-refractivity contribution is -0.921. The first-order valence-electron chi connectivity index (χ1n) is 14.0. The van der Waals surface area contributed by atoms with Crippen LogP contribution in [0.5, 0.6) is 0 Å². The van der Waals surface area contributed by atoms with Crippen LogP contribution < -0.4 is 12.4 Å². The normalized spacial score (nSPS) is 12.5. The van der Waals surface area contributed by atoms with Gasteiger partial charge in [0.15, 0.2) is 0 Å². The van der Waals surface area contributed by atoms with E-state index in [1.54, 1.807) is 0 Å². The number of nitrogens with zero attached hydrogens (tertiary/aromatic N) is 1. The Labute approximate surface area is 208 Å². The van der Waals surface area contributed by atoms with Crippen molar-refractivity contribution in [2.24, 2.45) is 0 Å². The predicted octanol–water partition coefficient (Wildman–Crippen LogP) is 6.87. The van der Waals surface area contributed by atoms with E-state index in [4.69, 9.17) is 0 Å². The average molecular weight is 466 g/mol. The summed E-state index contributed by atoms with van der Waals surface area (Å²) in [5.41, 5.74) is 1.53. The molecule has 0 saturated heterocycles. The quantitative estimate of drug-likeness (QED) is 0.137. The van der Waals surface area contributed by atoms with Crippen LogP contribution in [-0.4, -0.2) is 25.1 Å². The molecule has 0 aliphatic heterocycles. The minimum atomic E-state index is 0. The predicted molar refractivity (Wildman–Crippen MR) is 141 cm³/mol. The average Bonchev–Trinajstić information content (AvgIpc) is 2.76. The molecule has 1 aromatic rings. The van der Waals surface area contributed by atoms with Gasteiger partial charge in [0.25, 0.3) is 0 Å². The fourth-order valence-electron chi connectivity index (χ4n) is 5.21. The van der Waals surface area contributed by atoms with Gasteiger partial charge in [-0.25, -0.2) is 0 Å². The van der Waals surface area contributed by atoms with Crippen molar-refractivity contribution in [1.82, 2.24) is 0 Å². The molecule has 0 fully saturated rings. The lowest BCUT2D eigenvalue weighted by Crippen LogP contribution is -3.00. The van der Waals surface area contributed by atoms with Gasteiger partial charge in [-0.05, 0) is 12.8 Å². The monoisotopic (exact) mass is 465 g/mol. The molecule has 1 atom stereocenters. The molecule has 0 heterocycles. The molecule has 1 unspecified atom stereocenters. The molecule has 188 valence electrons. The van der Waals surface area contributed by atoms with E-state index in [1.807, 2.05) is 0 Å². The van der Waals surface area contributed by atoms with E-state index in [1.165, 1.54) is 128 Å². The van der Waals surface area contributed by atoms with Gasteiger partial charge in [0.2, 0.25) is 0 Å². The Bertz CT molecular complexity index is 499. The molecule has 32 heavy (non-hydrogen) atoms. The fraction of sp³-hybridized carbons (Fsp3) is 0.800. The van der Waals surface area contributed by atoms with Crippen molar-refractivity contribution >= 4 is 0 Å². The molecule has 0 spiro atoms. The van der Waals surface area contributed by atoms with Crippen LogP contribution in [-0.2, 0) is 0 Å². The molecule has 0 radical (unpaired) electrons. The zero-order valence-corrected chi connectivity index (χ0v) is 23.0. The third-order valence-electron chi connectivity index (χ3n) is 7.16. The Balaban J connectivity index is 0.00000961. The lowest BCUT2D eigenvalue weighted by atomic mass is 9.96. The van der Waals surface area contributed by atoms with Crippen LogP contribution in [0, 0.1) is 0 Å². The van der Waals surface area contributed by atoms with E-state index in [9.17, 15) is 0 Å². The summed E-state index contributed by atoms with van der Waals surface area (Å²) in [6.45, 7) is 5.88. The second kappa shape index (κ2) is 21.0. The van der Waals surface area contributed by atoms with Crippen LogP contribution in [0.1, 0.15) is 141 Å². The van der Waals surface area contributed by atoms with Gasteiger partial charge < -0.3 is 16.9 Å². The van der Waals surface area contributed by atoms with Crippen molar-refractivity contribution in [2.75, 3.05) is 20.6 Å². The van der Waals surface area contributed by atoms with E-state index >= 15 is 0 Å². The fourth-order valence-corrected chi connectivity index (χ4v) is 5.21. The number of benzene rings is 1. The number of hydrogen-bond acceptors (Lipinski definition) is 0. The van der Waals surface area contributed by atoms with Crippen LogP contribution in [0.3, 0.4) is 0 Å². The Hall–Kier alpha value is -0.530. The maximum absolute atomic E-state index is 2.42. The van der Waals surface area contributed by atoms with E-state index in [2.05, 4.69) is 58.3 Å². The number of rotatable bonds is 21. The van der Waals surface area contributed by atoms with Crippen molar-refractivity contribution in [3.05, 3.63) is 35.9 Å². The summed E-state index contributed by atoms with van der Waals surface area (Å²) in [6.07, 6.45) is 25.7. The Morgan fingerprint density at radius 2 is 0.969 bits per heavy atom. The third kappa shape index (κ3) is 15.3. The molecule has 2 heteroatoms. The van der Waals surface area contributed by atoms with Crippen LogP contribution in [0.2, 0.25) is 0 Å². The minimum absolute atomic E-state index is 0. The molecular weight excluding hydrogens is 410 g/mol. The number of halogens is 1. The summed E-state index contributed by atoms with van der Waals surface area (Å²) in [5.74, 6) is 0. The first-order chi connectivity index (χ1) is 15.1. The highest BCUT2D eigenvalue weighted by molar-refractivity contribution is 5.17. The van der Waals surface area contributed by atoms with Gasteiger partial charge in [0.1, 0.15) is 6.04 Å². The molecule has 0 aliphatic rings. The van der Waals surface area contributed by atoms with Gasteiger partial charge in [0, 0.05) is 12.0 Å². The van der Waals surface area contributed by atoms with Crippen molar-refractivity contribution in [3.8, 4) is 0 Å². The van der Waals surface area contributed by atoms with Crippen LogP contribution in [0.15, 0.2) is 30.3 Å². The molecule has 1 rings (SSSR count). The van der Waals surface area contributed by atoms with Crippen LogP contribution in [0.4, 0.5) is 0 Å². The van der Waals surface area contributed by atoms with E-state index in [0.29, 0.717) is 6.04 Å². The molecule has 0 saturated carbocycles. The van der Waals surface area contributed by atoms with Crippen LogP contribution in [0.25, 0.3) is 0 Å². The van der Waals surface area contributed by atoms with Gasteiger partial charge in [-0.15, -0.1) is 0 Å². The van der Waals surface area contributed by atoms with Crippen molar-refractivity contribution in [3.63, 3.8) is 0 Å². The largest absolute Gasteiger partial charge is 1.00 e. The summed E-state index contributed by atoms with van der Waals surface area (Å²) < 4.78 is 1.12. The topological polar surface area (TPSA) is 0 Å². The van der Waals surface area contributed by atoms with E-state index in [0.717, 1.165) is 4.48 Å². The Kier molecular flexibility index (Phi) is 20.7. The van der Waals surface area contributed by atoms with Crippen molar-refractivity contribution in [1.29, 1.82) is 0 Å². The highest BCUT2D eigenvalue weighted by atomic mass is 35.5. The molecule has 0 bridgehead atoms. The highest BCUT2D eigenvalue weighted by Gasteiger charge is 2.28. The van der Waals surface area contributed by atoms with Gasteiger partial charge in [-0.2, -0.15) is 0 Å². The van der Waals surface area contributed by atoms with E-state index < -0.39 is 0 Å². The Morgan fingerprint density at radius 1 is 0.562 bits per heavy atom. The number of unbranched alkanes of at least 4 members (excludes halogenated alkanes) is 15. The maximum Gasteiger partial charge on any atom is 0.114 e. The molecule has 0 amide bonds. The van der Waals surface area contributed by atoms with Crippen LogP contribution >= 0.6 is 0 Å². The second-order valence-corrected chi connectivity index (χ2v) is 10.5. The third-order valence-corrected chi connectivity index (χ3v) is 7.16. The smallest absolute Gasteiger partial charge is 0.114 e. The lowest BCUT2D eigenvalue weighted by Gasteiger charge is -2.38.